The molecular weight excluding hydrogens is 382 g/mol. The fraction of sp³-hybridized carbons (Fsp3) is 0.261. The summed E-state index contributed by atoms with van der Waals surface area (Å²) in [5, 5.41) is 3.87. The molecule has 1 atom stereocenters. The van der Waals surface area contributed by atoms with Crippen molar-refractivity contribution >= 4 is 28.4 Å². The zero-order chi connectivity index (χ0) is 20.9. The van der Waals surface area contributed by atoms with E-state index in [9.17, 15) is 9.59 Å². The number of aromatic nitrogens is 1. The van der Waals surface area contributed by atoms with Crippen LogP contribution in [-0.4, -0.2) is 43.6 Å². The molecule has 1 aliphatic rings. The number of carbonyl (C=O) groups is 2. The number of fused-ring (bicyclic) bond motifs is 1. The Labute approximate surface area is 174 Å². The van der Waals surface area contributed by atoms with Crippen LogP contribution in [0.1, 0.15) is 6.42 Å². The lowest BCUT2D eigenvalue weighted by molar-refractivity contribution is -0.126. The summed E-state index contributed by atoms with van der Waals surface area (Å²) >= 11 is 0. The summed E-state index contributed by atoms with van der Waals surface area (Å²) in [6.07, 6.45) is 1.93. The molecule has 7 heteroatoms. The second-order valence-corrected chi connectivity index (χ2v) is 7.07. The lowest BCUT2D eigenvalue weighted by Gasteiger charge is -2.17. The molecule has 30 heavy (non-hydrogen) atoms. The van der Waals surface area contributed by atoms with E-state index in [1.165, 1.54) is 0 Å². The molecule has 2 aromatic carbocycles. The number of anilines is 1. The summed E-state index contributed by atoms with van der Waals surface area (Å²) in [4.78, 5) is 30.9. The van der Waals surface area contributed by atoms with Gasteiger partial charge in [-0.1, -0.05) is 18.2 Å². The maximum absolute atomic E-state index is 12.5. The lowest BCUT2D eigenvalue weighted by Crippen LogP contribution is -2.35. The summed E-state index contributed by atoms with van der Waals surface area (Å²) in [5.41, 5.74) is 1.56. The van der Waals surface area contributed by atoms with Crippen molar-refractivity contribution in [1.29, 1.82) is 0 Å². The van der Waals surface area contributed by atoms with Crippen molar-refractivity contribution in [1.82, 2.24) is 10.3 Å². The number of ether oxygens (including phenoxy) is 2. The molecule has 7 nitrogen and oxygen atoms in total. The summed E-state index contributed by atoms with van der Waals surface area (Å²) in [7, 11) is 1.59. The highest BCUT2D eigenvalue weighted by Gasteiger charge is 2.34. The molecule has 1 aliphatic heterocycles. The monoisotopic (exact) mass is 405 g/mol. The van der Waals surface area contributed by atoms with Crippen molar-refractivity contribution in [3.63, 3.8) is 0 Å². The number of methoxy groups -OCH3 is 1. The summed E-state index contributed by atoms with van der Waals surface area (Å²) in [5.74, 6) is 0.835. The maximum atomic E-state index is 12.5. The molecule has 0 spiro atoms. The zero-order valence-corrected chi connectivity index (χ0v) is 16.7. The van der Waals surface area contributed by atoms with Crippen molar-refractivity contribution < 1.29 is 19.1 Å². The predicted molar refractivity (Wildman–Crippen MR) is 114 cm³/mol. The standard InChI is InChI=1S/C23H23N3O4/c1-29-19-9-7-18(8-10-19)26-15-17(14-21(26)27)23(28)25-12-13-30-20-6-2-4-16-5-3-11-24-22(16)20/h2-11,17H,12-15H2,1H3,(H,25,28). The van der Waals surface area contributed by atoms with Crippen molar-refractivity contribution in [2.75, 3.05) is 31.7 Å². The van der Waals surface area contributed by atoms with Crippen molar-refractivity contribution in [3.05, 3.63) is 60.8 Å². The van der Waals surface area contributed by atoms with Crippen LogP contribution >= 0.6 is 0 Å². The van der Waals surface area contributed by atoms with E-state index in [-0.39, 0.29) is 24.2 Å². The van der Waals surface area contributed by atoms with Crippen LogP contribution in [0.2, 0.25) is 0 Å². The molecule has 1 aromatic heterocycles. The third kappa shape index (κ3) is 4.20. The highest BCUT2D eigenvalue weighted by atomic mass is 16.5. The molecule has 2 heterocycles. The number of benzene rings is 2. The number of nitrogens with zero attached hydrogens (tertiary/aromatic N) is 2. The van der Waals surface area contributed by atoms with Crippen LogP contribution in [-0.2, 0) is 9.59 Å². The summed E-state index contributed by atoms with van der Waals surface area (Å²) < 4.78 is 10.9. The van der Waals surface area contributed by atoms with Crippen LogP contribution in [0.25, 0.3) is 10.9 Å². The molecule has 1 fully saturated rings. The molecule has 0 aliphatic carbocycles. The van der Waals surface area contributed by atoms with Gasteiger partial charge < -0.3 is 19.7 Å². The number of para-hydroxylation sites is 1. The van der Waals surface area contributed by atoms with Gasteiger partial charge in [-0.25, -0.2) is 0 Å². The number of hydrogen-bond donors (Lipinski definition) is 1. The van der Waals surface area contributed by atoms with E-state index in [2.05, 4.69) is 10.3 Å². The van der Waals surface area contributed by atoms with Gasteiger partial charge in [0.05, 0.1) is 19.6 Å². The van der Waals surface area contributed by atoms with Gasteiger partial charge in [0.25, 0.3) is 0 Å². The first-order valence-corrected chi connectivity index (χ1v) is 9.84. The van der Waals surface area contributed by atoms with Crippen molar-refractivity contribution in [2.24, 2.45) is 5.92 Å². The largest absolute Gasteiger partial charge is 0.497 e. The molecule has 0 radical (unpaired) electrons. The Balaban J connectivity index is 1.28. The molecule has 0 bridgehead atoms. The highest BCUT2D eigenvalue weighted by molar-refractivity contribution is 6.00. The van der Waals surface area contributed by atoms with Gasteiger partial charge in [0.1, 0.15) is 23.6 Å². The topological polar surface area (TPSA) is 80.8 Å². The maximum Gasteiger partial charge on any atom is 0.227 e. The molecule has 2 amide bonds. The summed E-state index contributed by atoms with van der Waals surface area (Å²) in [6, 6.07) is 16.8. The van der Waals surface area contributed by atoms with Gasteiger partial charge in [-0.2, -0.15) is 0 Å². The fourth-order valence-corrected chi connectivity index (χ4v) is 3.57. The zero-order valence-electron chi connectivity index (χ0n) is 16.7. The van der Waals surface area contributed by atoms with Crippen LogP contribution in [0.5, 0.6) is 11.5 Å². The van der Waals surface area contributed by atoms with Crippen LogP contribution in [0.15, 0.2) is 60.8 Å². The molecule has 4 rings (SSSR count). The molecule has 1 saturated heterocycles. The Morgan fingerprint density at radius 3 is 2.77 bits per heavy atom. The highest BCUT2D eigenvalue weighted by Crippen LogP contribution is 2.27. The minimum absolute atomic E-state index is 0.0570. The number of hydrogen-bond acceptors (Lipinski definition) is 5. The molecule has 0 saturated carbocycles. The van der Waals surface area contributed by atoms with Gasteiger partial charge in [0.2, 0.25) is 11.8 Å². The van der Waals surface area contributed by atoms with Gasteiger partial charge in [-0.3, -0.25) is 14.6 Å². The minimum Gasteiger partial charge on any atom is -0.497 e. The first-order valence-electron chi connectivity index (χ1n) is 9.84. The van der Waals surface area contributed by atoms with Gasteiger partial charge >= 0.3 is 0 Å². The SMILES string of the molecule is COc1ccc(N2CC(C(=O)NCCOc3cccc4cccnc34)CC2=O)cc1. The summed E-state index contributed by atoms with van der Waals surface area (Å²) in [6.45, 7) is 1.05. The van der Waals surface area contributed by atoms with Crippen LogP contribution in [0.4, 0.5) is 5.69 Å². The normalized spacial score (nSPS) is 16.0. The quantitative estimate of drug-likeness (QED) is 0.612. The van der Waals surface area contributed by atoms with E-state index in [0.717, 1.165) is 22.3 Å². The number of pyridine rings is 1. The third-order valence-corrected chi connectivity index (χ3v) is 5.13. The Morgan fingerprint density at radius 1 is 1.17 bits per heavy atom. The Kier molecular flexibility index (Phi) is 5.79. The average molecular weight is 405 g/mol. The molecule has 3 aromatic rings. The van der Waals surface area contributed by atoms with E-state index in [1.54, 1.807) is 30.3 Å². The number of carbonyl (C=O) groups excluding carboxylic acids is 2. The Morgan fingerprint density at radius 2 is 1.97 bits per heavy atom. The van der Waals surface area contributed by atoms with Crippen LogP contribution < -0.4 is 19.7 Å². The number of nitrogens with one attached hydrogen (secondary N) is 1. The number of amides is 2. The second kappa shape index (κ2) is 8.82. The van der Waals surface area contributed by atoms with Crippen molar-refractivity contribution in [2.45, 2.75) is 6.42 Å². The van der Waals surface area contributed by atoms with Gasteiger partial charge in [-0.05, 0) is 36.4 Å². The molecular formula is C23H23N3O4. The van der Waals surface area contributed by atoms with Crippen LogP contribution in [0, 0.1) is 5.92 Å². The van der Waals surface area contributed by atoms with Gasteiger partial charge in [0.15, 0.2) is 0 Å². The van der Waals surface area contributed by atoms with E-state index in [1.807, 2.05) is 42.5 Å². The minimum atomic E-state index is -0.376. The van der Waals surface area contributed by atoms with E-state index < -0.39 is 0 Å². The lowest BCUT2D eigenvalue weighted by atomic mass is 10.1. The molecule has 154 valence electrons. The van der Waals surface area contributed by atoms with Crippen molar-refractivity contribution in [3.8, 4) is 11.5 Å². The predicted octanol–water partition coefficient (Wildman–Crippen LogP) is 2.79. The average Bonchev–Trinajstić information content (AvgIpc) is 3.18. The fourth-order valence-electron chi connectivity index (χ4n) is 3.57. The Bertz CT molecular complexity index is 1050. The van der Waals surface area contributed by atoms with Gasteiger partial charge in [-0.15, -0.1) is 0 Å². The molecule has 1 unspecified atom stereocenters. The first-order chi connectivity index (χ1) is 14.7. The first kappa shape index (κ1) is 19.7. The Hall–Kier alpha value is -3.61. The van der Waals surface area contributed by atoms with E-state index >= 15 is 0 Å². The molecule has 1 N–H and O–H groups in total. The van der Waals surface area contributed by atoms with E-state index in [0.29, 0.717) is 25.4 Å². The third-order valence-electron chi connectivity index (χ3n) is 5.13. The van der Waals surface area contributed by atoms with Crippen LogP contribution in [0.3, 0.4) is 0 Å². The smallest absolute Gasteiger partial charge is 0.227 e. The van der Waals surface area contributed by atoms with E-state index in [4.69, 9.17) is 9.47 Å². The second-order valence-electron chi connectivity index (χ2n) is 7.07. The number of rotatable bonds is 7. The van der Waals surface area contributed by atoms with Gasteiger partial charge in [0, 0.05) is 30.2 Å².